The topological polar surface area (TPSA) is 47.6 Å². The first-order valence-electron chi connectivity index (χ1n) is 5.94. The van der Waals surface area contributed by atoms with Gasteiger partial charge in [0.05, 0.1) is 7.11 Å². The molecule has 2 rings (SSSR count). The molecule has 0 radical (unpaired) electrons. The number of ether oxygens (including phenoxy) is 1. The van der Waals surface area contributed by atoms with E-state index in [4.69, 9.17) is 20.9 Å². The van der Waals surface area contributed by atoms with Crippen LogP contribution in [0, 0.1) is 0 Å². The van der Waals surface area contributed by atoms with Gasteiger partial charge in [0, 0.05) is 17.4 Å². The van der Waals surface area contributed by atoms with E-state index in [2.05, 4.69) is 5.09 Å². The minimum Gasteiger partial charge on any atom is -0.493 e. The van der Waals surface area contributed by atoms with Gasteiger partial charge in [0.1, 0.15) is 0 Å². The van der Waals surface area contributed by atoms with Gasteiger partial charge in [-0.3, -0.25) is 4.57 Å². The maximum atomic E-state index is 12.5. The largest absolute Gasteiger partial charge is 0.493 e. The van der Waals surface area contributed by atoms with E-state index in [1.54, 1.807) is 42.5 Å². The number of rotatable bonds is 5. The third-order valence-corrected chi connectivity index (χ3v) is 3.98. The minimum absolute atomic E-state index is 0.433. The van der Waals surface area contributed by atoms with Crippen LogP contribution in [-0.2, 0) is 4.57 Å². The summed E-state index contributed by atoms with van der Waals surface area (Å²) >= 11 is 5.81. The number of nitrogens with one attached hydrogen (secondary N) is 1. The minimum atomic E-state index is -3.06. The van der Waals surface area contributed by atoms with Crippen LogP contribution < -0.4 is 14.3 Å². The van der Waals surface area contributed by atoms with Crippen LogP contribution in [0.25, 0.3) is 0 Å². The molecule has 0 amide bonds. The Morgan fingerprint density at radius 3 is 2.25 bits per heavy atom. The summed E-state index contributed by atoms with van der Waals surface area (Å²) in [7, 11) is -1.53. The second kappa shape index (κ2) is 6.21. The fourth-order valence-electron chi connectivity index (χ4n) is 1.66. The molecule has 0 spiro atoms. The Labute approximate surface area is 123 Å². The van der Waals surface area contributed by atoms with Crippen LogP contribution in [0.3, 0.4) is 0 Å². The molecule has 0 fully saturated rings. The Hall–Kier alpha value is -1.64. The lowest BCUT2D eigenvalue weighted by molar-refractivity contribution is 0.391. The number of methoxy groups -OCH3 is 1. The summed E-state index contributed by atoms with van der Waals surface area (Å²) in [6.45, 7) is 1.51. The summed E-state index contributed by atoms with van der Waals surface area (Å²) in [6.07, 6.45) is 0. The zero-order valence-electron chi connectivity index (χ0n) is 11.2. The van der Waals surface area contributed by atoms with Crippen molar-refractivity contribution in [2.75, 3.05) is 18.9 Å². The molecule has 2 aromatic carbocycles. The third kappa shape index (κ3) is 3.92. The number of hydrogen-bond donors (Lipinski definition) is 1. The first-order valence-corrected chi connectivity index (χ1v) is 8.39. The maximum Gasteiger partial charge on any atom is 0.338 e. The van der Waals surface area contributed by atoms with Gasteiger partial charge in [-0.05, 0) is 36.4 Å². The molecule has 1 unspecified atom stereocenters. The lowest BCUT2D eigenvalue weighted by Crippen LogP contribution is -2.03. The molecule has 4 nitrogen and oxygen atoms in total. The van der Waals surface area contributed by atoms with Crippen molar-refractivity contribution < 1.29 is 13.8 Å². The van der Waals surface area contributed by atoms with E-state index in [9.17, 15) is 4.57 Å². The highest BCUT2D eigenvalue weighted by molar-refractivity contribution is 7.60. The lowest BCUT2D eigenvalue weighted by atomic mass is 10.3. The standard InChI is InChI=1S/C14H15ClNO3P/c1-18-13-5-3-4-6-14(13)19-20(2,17)16-12-9-7-11(15)8-10-12/h3-10H,1-2H3,(H,16,17). The molecule has 6 heteroatoms. The van der Waals surface area contributed by atoms with Crippen LogP contribution in [0.1, 0.15) is 0 Å². The molecular formula is C14H15ClNO3P. The van der Waals surface area contributed by atoms with Gasteiger partial charge in [-0.25, -0.2) is 0 Å². The quantitative estimate of drug-likeness (QED) is 0.816. The van der Waals surface area contributed by atoms with E-state index in [1.807, 2.05) is 6.07 Å². The molecule has 0 saturated heterocycles. The van der Waals surface area contributed by atoms with Crippen molar-refractivity contribution in [2.24, 2.45) is 0 Å². The predicted molar refractivity (Wildman–Crippen MR) is 82.2 cm³/mol. The number of hydrogen-bond acceptors (Lipinski definition) is 3. The van der Waals surface area contributed by atoms with Crippen molar-refractivity contribution in [3.63, 3.8) is 0 Å². The van der Waals surface area contributed by atoms with Crippen LogP contribution >= 0.6 is 19.1 Å². The van der Waals surface area contributed by atoms with Gasteiger partial charge in [-0.2, -0.15) is 0 Å². The molecule has 0 bridgehead atoms. The van der Waals surface area contributed by atoms with E-state index in [0.29, 0.717) is 22.2 Å². The molecule has 1 atom stereocenters. The summed E-state index contributed by atoms with van der Waals surface area (Å²) < 4.78 is 23.2. The van der Waals surface area contributed by atoms with Crippen molar-refractivity contribution in [1.29, 1.82) is 0 Å². The van der Waals surface area contributed by atoms with E-state index in [1.165, 1.54) is 13.8 Å². The third-order valence-electron chi connectivity index (χ3n) is 2.52. The van der Waals surface area contributed by atoms with Crippen LogP contribution in [0.4, 0.5) is 5.69 Å². The SMILES string of the molecule is COc1ccccc1OP(C)(=O)Nc1ccc(Cl)cc1. The zero-order valence-corrected chi connectivity index (χ0v) is 12.8. The Morgan fingerprint density at radius 1 is 1.05 bits per heavy atom. The van der Waals surface area contributed by atoms with Gasteiger partial charge >= 0.3 is 7.52 Å². The van der Waals surface area contributed by atoms with Crippen molar-refractivity contribution in [3.05, 3.63) is 53.6 Å². The summed E-state index contributed by atoms with van der Waals surface area (Å²) in [4.78, 5) is 0. The summed E-state index contributed by atoms with van der Waals surface area (Å²) in [5.41, 5.74) is 0.676. The normalized spacial score (nSPS) is 13.3. The molecule has 106 valence electrons. The first-order chi connectivity index (χ1) is 9.50. The Balaban J connectivity index is 2.14. The van der Waals surface area contributed by atoms with Gasteiger partial charge < -0.3 is 14.3 Å². The Bertz CT molecular complexity index is 631. The average molecular weight is 312 g/mol. The van der Waals surface area contributed by atoms with E-state index < -0.39 is 7.52 Å². The second-order valence-corrected chi connectivity index (χ2v) is 6.74. The molecule has 0 aromatic heterocycles. The fraction of sp³-hybridized carbons (Fsp3) is 0.143. The highest BCUT2D eigenvalue weighted by atomic mass is 35.5. The van der Waals surface area contributed by atoms with Gasteiger partial charge in [-0.15, -0.1) is 0 Å². The molecule has 0 heterocycles. The van der Waals surface area contributed by atoms with Gasteiger partial charge in [0.2, 0.25) is 0 Å². The maximum absolute atomic E-state index is 12.5. The van der Waals surface area contributed by atoms with Crippen molar-refractivity contribution >= 4 is 24.8 Å². The van der Waals surface area contributed by atoms with Crippen molar-refractivity contribution in [2.45, 2.75) is 0 Å². The predicted octanol–water partition coefficient (Wildman–Crippen LogP) is 4.66. The molecule has 0 aliphatic rings. The van der Waals surface area contributed by atoms with Crippen LogP contribution in [0.5, 0.6) is 11.5 Å². The number of anilines is 1. The second-order valence-electron chi connectivity index (χ2n) is 4.21. The van der Waals surface area contributed by atoms with Crippen LogP contribution in [0.2, 0.25) is 5.02 Å². The fourth-order valence-corrected chi connectivity index (χ4v) is 2.98. The van der Waals surface area contributed by atoms with E-state index in [-0.39, 0.29) is 0 Å². The van der Waals surface area contributed by atoms with Crippen molar-refractivity contribution in [1.82, 2.24) is 0 Å². The van der Waals surface area contributed by atoms with Gasteiger partial charge in [-0.1, -0.05) is 23.7 Å². The molecular weight excluding hydrogens is 297 g/mol. The molecule has 20 heavy (non-hydrogen) atoms. The summed E-state index contributed by atoms with van der Waals surface area (Å²) in [5, 5.41) is 3.48. The highest BCUT2D eigenvalue weighted by Crippen LogP contribution is 2.45. The summed E-state index contributed by atoms with van der Waals surface area (Å²) in [6, 6.07) is 14.0. The Kier molecular flexibility index (Phi) is 4.58. The lowest BCUT2D eigenvalue weighted by Gasteiger charge is -2.18. The smallest absolute Gasteiger partial charge is 0.338 e. The number of para-hydroxylation sites is 2. The molecule has 0 aliphatic heterocycles. The highest BCUT2D eigenvalue weighted by Gasteiger charge is 2.19. The number of halogens is 1. The van der Waals surface area contributed by atoms with Gasteiger partial charge in [0.25, 0.3) is 0 Å². The summed E-state index contributed by atoms with van der Waals surface area (Å²) in [5.74, 6) is 0.967. The molecule has 0 saturated carbocycles. The average Bonchev–Trinajstić information content (AvgIpc) is 2.41. The van der Waals surface area contributed by atoms with E-state index >= 15 is 0 Å². The van der Waals surface area contributed by atoms with Crippen LogP contribution in [-0.4, -0.2) is 13.8 Å². The molecule has 1 N–H and O–H groups in total. The zero-order chi connectivity index (χ0) is 14.6. The Morgan fingerprint density at radius 2 is 1.65 bits per heavy atom. The van der Waals surface area contributed by atoms with Crippen molar-refractivity contribution in [3.8, 4) is 11.5 Å². The van der Waals surface area contributed by atoms with Crippen LogP contribution in [0.15, 0.2) is 48.5 Å². The van der Waals surface area contributed by atoms with E-state index in [0.717, 1.165) is 0 Å². The first kappa shape index (κ1) is 14.8. The number of benzene rings is 2. The monoisotopic (exact) mass is 311 g/mol. The molecule has 2 aromatic rings. The van der Waals surface area contributed by atoms with Gasteiger partial charge in [0.15, 0.2) is 11.5 Å². The molecule has 0 aliphatic carbocycles.